The van der Waals surface area contributed by atoms with E-state index in [1.54, 1.807) is 0 Å². The molecule has 3 heteroatoms. The summed E-state index contributed by atoms with van der Waals surface area (Å²) in [4.78, 5) is 1.45. The maximum atomic E-state index is 5.57. The lowest BCUT2D eigenvalue weighted by Gasteiger charge is -2.10. The van der Waals surface area contributed by atoms with Gasteiger partial charge in [-0.05, 0) is 31.2 Å². The SMILES string of the molecule is CCC(C)OCCNCCc1cccs1. The van der Waals surface area contributed by atoms with E-state index in [0.717, 1.165) is 32.5 Å². The summed E-state index contributed by atoms with van der Waals surface area (Å²) in [5, 5.41) is 5.51. The number of ether oxygens (including phenoxy) is 1. The van der Waals surface area contributed by atoms with Crippen LogP contribution in [0.15, 0.2) is 17.5 Å². The van der Waals surface area contributed by atoms with Crippen LogP contribution >= 0.6 is 11.3 Å². The van der Waals surface area contributed by atoms with E-state index in [1.165, 1.54) is 4.88 Å². The summed E-state index contributed by atoms with van der Waals surface area (Å²) >= 11 is 1.82. The molecule has 1 heterocycles. The monoisotopic (exact) mass is 227 g/mol. The summed E-state index contributed by atoms with van der Waals surface area (Å²) < 4.78 is 5.57. The lowest BCUT2D eigenvalue weighted by molar-refractivity contribution is 0.0657. The highest BCUT2D eigenvalue weighted by Crippen LogP contribution is 2.07. The van der Waals surface area contributed by atoms with Gasteiger partial charge in [0.1, 0.15) is 0 Å². The van der Waals surface area contributed by atoms with E-state index in [-0.39, 0.29) is 0 Å². The lowest BCUT2D eigenvalue weighted by Crippen LogP contribution is -2.23. The van der Waals surface area contributed by atoms with Crippen molar-refractivity contribution in [2.45, 2.75) is 32.8 Å². The Morgan fingerprint density at radius 3 is 3.00 bits per heavy atom. The minimum Gasteiger partial charge on any atom is -0.377 e. The van der Waals surface area contributed by atoms with Crippen LogP contribution in [0.4, 0.5) is 0 Å². The smallest absolute Gasteiger partial charge is 0.0594 e. The summed E-state index contributed by atoms with van der Waals surface area (Å²) in [6, 6.07) is 4.29. The number of nitrogens with one attached hydrogen (secondary N) is 1. The quantitative estimate of drug-likeness (QED) is 0.689. The Hall–Kier alpha value is -0.380. The minimum atomic E-state index is 0.393. The molecule has 0 aliphatic rings. The Kier molecular flexibility index (Phi) is 6.64. The molecule has 1 N–H and O–H groups in total. The maximum Gasteiger partial charge on any atom is 0.0594 e. The minimum absolute atomic E-state index is 0.393. The zero-order chi connectivity index (χ0) is 10.9. The molecule has 0 saturated heterocycles. The topological polar surface area (TPSA) is 21.3 Å². The lowest BCUT2D eigenvalue weighted by atomic mass is 10.3. The third kappa shape index (κ3) is 5.92. The van der Waals surface area contributed by atoms with Crippen molar-refractivity contribution in [1.82, 2.24) is 5.32 Å². The first kappa shape index (κ1) is 12.7. The standard InChI is InChI=1S/C12H21NOS/c1-3-11(2)14-9-8-13-7-6-12-5-4-10-15-12/h4-5,10-11,13H,3,6-9H2,1-2H3. The summed E-state index contributed by atoms with van der Waals surface area (Å²) in [7, 11) is 0. The van der Waals surface area contributed by atoms with Gasteiger partial charge in [0.05, 0.1) is 12.7 Å². The fraction of sp³-hybridized carbons (Fsp3) is 0.667. The molecule has 0 aromatic carbocycles. The summed E-state index contributed by atoms with van der Waals surface area (Å²) in [6.45, 7) is 7.08. The highest BCUT2D eigenvalue weighted by molar-refractivity contribution is 7.09. The van der Waals surface area contributed by atoms with E-state index in [9.17, 15) is 0 Å². The normalized spacial score (nSPS) is 12.9. The highest BCUT2D eigenvalue weighted by atomic mass is 32.1. The molecule has 0 saturated carbocycles. The fourth-order valence-corrected chi connectivity index (χ4v) is 1.95. The molecule has 0 aliphatic heterocycles. The van der Waals surface area contributed by atoms with E-state index < -0.39 is 0 Å². The van der Waals surface area contributed by atoms with Gasteiger partial charge in [-0.25, -0.2) is 0 Å². The van der Waals surface area contributed by atoms with Crippen LogP contribution in [0.2, 0.25) is 0 Å². The maximum absolute atomic E-state index is 5.57. The van der Waals surface area contributed by atoms with Crippen molar-refractivity contribution in [3.05, 3.63) is 22.4 Å². The molecule has 0 amide bonds. The Morgan fingerprint density at radius 2 is 2.33 bits per heavy atom. The molecule has 2 nitrogen and oxygen atoms in total. The predicted octanol–water partition coefficient (Wildman–Crippen LogP) is 2.70. The number of hydrogen-bond donors (Lipinski definition) is 1. The zero-order valence-corrected chi connectivity index (χ0v) is 10.5. The van der Waals surface area contributed by atoms with Crippen LogP contribution in [0, 0.1) is 0 Å². The molecule has 1 aromatic heterocycles. The summed E-state index contributed by atoms with van der Waals surface area (Å²) in [5.74, 6) is 0. The zero-order valence-electron chi connectivity index (χ0n) is 9.66. The molecular formula is C12H21NOS. The van der Waals surface area contributed by atoms with Gasteiger partial charge < -0.3 is 10.1 Å². The first-order chi connectivity index (χ1) is 7.33. The molecule has 1 rings (SSSR count). The van der Waals surface area contributed by atoms with Crippen LogP contribution in [-0.4, -0.2) is 25.8 Å². The van der Waals surface area contributed by atoms with Crippen LogP contribution in [0.5, 0.6) is 0 Å². The number of hydrogen-bond acceptors (Lipinski definition) is 3. The van der Waals surface area contributed by atoms with E-state index in [4.69, 9.17) is 4.74 Å². The average molecular weight is 227 g/mol. The van der Waals surface area contributed by atoms with Crippen LogP contribution in [0.3, 0.4) is 0 Å². The van der Waals surface area contributed by atoms with Crippen molar-refractivity contribution in [2.24, 2.45) is 0 Å². The van der Waals surface area contributed by atoms with Crippen molar-refractivity contribution in [3.63, 3.8) is 0 Å². The van der Waals surface area contributed by atoms with Gasteiger partial charge in [-0.3, -0.25) is 0 Å². The second kappa shape index (κ2) is 7.85. The third-order valence-electron chi connectivity index (χ3n) is 2.38. The van der Waals surface area contributed by atoms with Crippen molar-refractivity contribution in [2.75, 3.05) is 19.7 Å². The molecular weight excluding hydrogens is 206 g/mol. The van der Waals surface area contributed by atoms with Crippen molar-refractivity contribution in [3.8, 4) is 0 Å². The molecule has 86 valence electrons. The van der Waals surface area contributed by atoms with Crippen molar-refractivity contribution >= 4 is 11.3 Å². The highest BCUT2D eigenvalue weighted by Gasteiger charge is 1.97. The molecule has 0 bridgehead atoms. The van der Waals surface area contributed by atoms with Gasteiger partial charge in [0, 0.05) is 18.0 Å². The van der Waals surface area contributed by atoms with Crippen LogP contribution in [0.1, 0.15) is 25.1 Å². The molecule has 1 unspecified atom stereocenters. The van der Waals surface area contributed by atoms with E-state index >= 15 is 0 Å². The third-order valence-corrected chi connectivity index (χ3v) is 3.32. The molecule has 1 atom stereocenters. The van der Waals surface area contributed by atoms with Crippen LogP contribution < -0.4 is 5.32 Å². The second-order valence-corrected chi connectivity index (χ2v) is 4.70. The molecule has 1 aromatic rings. The van der Waals surface area contributed by atoms with Crippen LogP contribution in [0.25, 0.3) is 0 Å². The molecule has 0 radical (unpaired) electrons. The Labute approximate surface area is 96.7 Å². The Balaban J connectivity index is 1.89. The van der Waals surface area contributed by atoms with Gasteiger partial charge in [-0.2, -0.15) is 0 Å². The molecule has 0 fully saturated rings. The van der Waals surface area contributed by atoms with Gasteiger partial charge in [-0.15, -0.1) is 11.3 Å². The van der Waals surface area contributed by atoms with Gasteiger partial charge in [-0.1, -0.05) is 13.0 Å². The van der Waals surface area contributed by atoms with E-state index in [2.05, 4.69) is 36.7 Å². The number of rotatable bonds is 8. The predicted molar refractivity (Wildman–Crippen MR) is 66.6 cm³/mol. The van der Waals surface area contributed by atoms with Gasteiger partial charge in [0.15, 0.2) is 0 Å². The average Bonchev–Trinajstić information content (AvgIpc) is 2.75. The van der Waals surface area contributed by atoms with E-state index in [0.29, 0.717) is 6.10 Å². The van der Waals surface area contributed by atoms with E-state index in [1.807, 2.05) is 11.3 Å². The first-order valence-electron chi connectivity index (χ1n) is 5.67. The Morgan fingerprint density at radius 1 is 1.47 bits per heavy atom. The van der Waals surface area contributed by atoms with Crippen molar-refractivity contribution in [1.29, 1.82) is 0 Å². The number of thiophene rings is 1. The first-order valence-corrected chi connectivity index (χ1v) is 6.55. The second-order valence-electron chi connectivity index (χ2n) is 3.67. The molecule has 15 heavy (non-hydrogen) atoms. The van der Waals surface area contributed by atoms with Crippen molar-refractivity contribution < 1.29 is 4.74 Å². The largest absolute Gasteiger partial charge is 0.377 e. The van der Waals surface area contributed by atoms with Gasteiger partial charge >= 0.3 is 0 Å². The fourth-order valence-electron chi connectivity index (χ4n) is 1.24. The summed E-state index contributed by atoms with van der Waals surface area (Å²) in [6.07, 6.45) is 2.61. The van der Waals surface area contributed by atoms with Gasteiger partial charge in [0.25, 0.3) is 0 Å². The van der Waals surface area contributed by atoms with Crippen LogP contribution in [-0.2, 0) is 11.2 Å². The van der Waals surface area contributed by atoms with Gasteiger partial charge in [0.2, 0.25) is 0 Å². The Bertz CT molecular complexity index is 236. The summed E-state index contributed by atoms with van der Waals surface area (Å²) in [5.41, 5.74) is 0. The molecule has 0 aliphatic carbocycles. The molecule has 0 spiro atoms.